The Bertz CT molecular complexity index is 1030. The zero-order chi connectivity index (χ0) is 17.8. The van der Waals surface area contributed by atoms with Gasteiger partial charge in [0.2, 0.25) is 0 Å². The van der Waals surface area contributed by atoms with Crippen molar-refractivity contribution in [1.82, 2.24) is 14.9 Å². The summed E-state index contributed by atoms with van der Waals surface area (Å²) in [5.41, 5.74) is 0.856. The largest absolute Gasteiger partial charge is 0.352 e. The summed E-state index contributed by atoms with van der Waals surface area (Å²) < 4.78 is 1.75. The van der Waals surface area contributed by atoms with E-state index in [4.69, 9.17) is 12.2 Å². The number of amides is 1. The number of nitrogens with one attached hydrogen (secondary N) is 2. The number of hydrogen-bond donors (Lipinski definition) is 2. The first-order valence-electron chi connectivity index (χ1n) is 7.78. The quantitative estimate of drug-likeness (QED) is 0.516. The van der Waals surface area contributed by atoms with Gasteiger partial charge in [0.15, 0.2) is 4.77 Å². The van der Waals surface area contributed by atoms with E-state index in [1.165, 1.54) is 9.44 Å². The third kappa shape index (κ3) is 3.78. The lowest BCUT2D eigenvalue weighted by atomic mass is 10.1. The molecule has 0 unspecified atom stereocenters. The highest BCUT2D eigenvalue weighted by molar-refractivity contribution is 7.71. The summed E-state index contributed by atoms with van der Waals surface area (Å²) in [6.07, 6.45) is 2.41. The second kappa shape index (κ2) is 7.58. The zero-order valence-electron chi connectivity index (χ0n) is 13.5. The van der Waals surface area contributed by atoms with Gasteiger partial charge in [-0.05, 0) is 48.3 Å². The minimum atomic E-state index is -0.191. The van der Waals surface area contributed by atoms with Crippen LogP contribution in [0.15, 0.2) is 53.2 Å². The lowest BCUT2D eigenvalue weighted by molar-refractivity contribution is 0.0954. The third-order valence-corrected chi connectivity index (χ3v) is 5.05. The summed E-state index contributed by atoms with van der Waals surface area (Å²) in [7, 11) is 0. The van der Waals surface area contributed by atoms with Crippen molar-refractivity contribution in [3.8, 4) is 0 Å². The number of carbonyl (C=O) groups is 1. The molecule has 0 aliphatic carbocycles. The van der Waals surface area contributed by atoms with Crippen LogP contribution in [0, 0.1) is 4.77 Å². The summed E-state index contributed by atoms with van der Waals surface area (Å²) >= 11 is 6.89. The number of hydrogen-bond acceptors (Lipinski definition) is 4. The lowest BCUT2D eigenvalue weighted by Gasteiger charge is -2.08. The predicted octanol–water partition coefficient (Wildman–Crippen LogP) is 3.28. The van der Waals surface area contributed by atoms with Crippen molar-refractivity contribution in [2.45, 2.75) is 13.0 Å². The molecule has 1 amide bonds. The molecule has 0 aliphatic heterocycles. The van der Waals surface area contributed by atoms with E-state index < -0.39 is 0 Å². The van der Waals surface area contributed by atoms with Gasteiger partial charge in [-0.15, -0.1) is 17.9 Å². The van der Waals surface area contributed by atoms with Crippen LogP contribution in [0.2, 0.25) is 0 Å². The van der Waals surface area contributed by atoms with Crippen LogP contribution in [-0.2, 0) is 13.0 Å². The summed E-state index contributed by atoms with van der Waals surface area (Å²) in [5, 5.41) is 5.40. The molecule has 7 heteroatoms. The van der Waals surface area contributed by atoms with E-state index >= 15 is 0 Å². The molecule has 3 aromatic rings. The Balaban J connectivity index is 1.82. The highest BCUT2D eigenvalue weighted by atomic mass is 32.1. The van der Waals surface area contributed by atoms with Gasteiger partial charge in [0, 0.05) is 23.5 Å². The van der Waals surface area contributed by atoms with Gasteiger partial charge in [-0.25, -0.2) is 0 Å². The van der Waals surface area contributed by atoms with E-state index in [9.17, 15) is 9.59 Å². The fourth-order valence-corrected chi connectivity index (χ4v) is 3.52. The lowest BCUT2D eigenvalue weighted by Crippen LogP contribution is -2.26. The highest BCUT2D eigenvalue weighted by Crippen LogP contribution is 2.12. The van der Waals surface area contributed by atoms with Crippen molar-refractivity contribution >= 4 is 40.4 Å². The fourth-order valence-electron chi connectivity index (χ4n) is 2.55. The number of rotatable bonds is 6. The van der Waals surface area contributed by atoms with Crippen LogP contribution in [0.25, 0.3) is 10.9 Å². The SMILES string of the molecule is C=CCn1c(=S)[nH]c2cc(C(=O)NCCc3cccs3)ccc2c1=O. The maximum absolute atomic E-state index is 12.5. The molecule has 0 atom stereocenters. The summed E-state index contributed by atoms with van der Waals surface area (Å²) in [4.78, 5) is 29.0. The van der Waals surface area contributed by atoms with Crippen LogP contribution in [0.5, 0.6) is 0 Å². The molecular formula is C18H17N3O2S2. The molecule has 3 rings (SSSR count). The van der Waals surface area contributed by atoms with Gasteiger partial charge in [0.1, 0.15) is 0 Å². The number of thiophene rings is 1. The number of aromatic nitrogens is 2. The number of benzene rings is 1. The van der Waals surface area contributed by atoms with Gasteiger partial charge in [-0.3, -0.25) is 14.2 Å². The number of nitrogens with zero attached hydrogens (tertiary/aromatic N) is 1. The monoisotopic (exact) mass is 371 g/mol. The average Bonchev–Trinajstić information content (AvgIpc) is 3.11. The van der Waals surface area contributed by atoms with Crippen LogP contribution < -0.4 is 10.9 Å². The summed E-state index contributed by atoms with van der Waals surface area (Å²) in [6, 6.07) is 9.00. The van der Waals surface area contributed by atoms with E-state index in [-0.39, 0.29) is 11.5 Å². The Kier molecular flexibility index (Phi) is 5.25. The minimum Gasteiger partial charge on any atom is -0.352 e. The normalized spacial score (nSPS) is 10.7. The number of carbonyl (C=O) groups excluding carboxylic acids is 1. The average molecular weight is 371 g/mol. The Morgan fingerprint density at radius 2 is 2.24 bits per heavy atom. The topological polar surface area (TPSA) is 66.9 Å². The van der Waals surface area contributed by atoms with Crippen LogP contribution >= 0.6 is 23.6 Å². The molecular weight excluding hydrogens is 354 g/mol. The van der Waals surface area contributed by atoms with Gasteiger partial charge in [-0.2, -0.15) is 0 Å². The molecule has 0 fully saturated rings. The summed E-state index contributed by atoms with van der Waals surface area (Å²) in [6.45, 7) is 4.54. The van der Waals surface area contributed by atoms with Crippen molar-refractivity contribution in [1.29, 1.82) is 0 Å². The molecule has 0 aliphatic rings. The van der Waals surface area contributed by atoms with Crippen molar-refractivity contribution < 1.29 is 4.79 Å². The minimum absolute atomic E-state index is 0.173. The Labute approximate surface area is 153 Å². The van der Waals surface area contributed by atoms with Crippen molar-refractivity contribution in [2.24, 2.45) is 0 Å². The van der Waals surface area contributed by atoms with Gasteiger partial charge in [-0.1, -0.05) is 12.1 Å². The molecule has 2 N–H and O–H groups in total. The zero-order valence-corrected chi connectivity index (χ0v) is 15.1. The molecule has 5 nitrogen and oxygen atoms in total. The first kappa shape index (κ1) is 17.3. The first-order chi connectivity index (χ1) is 12.1. The number of aromatic amines is 1. The molecule has 0 saturated carbocycles. The van der Waals surface area contributed by atoms with Gasteiger partial charge in [0.25, 0.3) is 11.5 Å². The first-order valence-corrected chi connectivity index (χ1v) is 9.07. The van der Waals surface area contributed by atoms with Crippen molar-refractivity contribution in [3.05, 3.63) is 73.9 Å². The van der Waals surface area contributed by atoms with Crippen LogP contribution in [-0.4, -0.2) is 22.0 Å². The Hall–Kier alpha value is -2.51. The molecule has 1 aromatic carbocycles. The molecule has 25 heavy (non-hydrogen) atoms. The summed E-state index contributed by atoms with van der Waals surface area (Å²) in [5.74, 6) is -0.173. The predicted molar refractivity (Wildman–Crippen MR) is 104 cm³/mol. The van der Waals surface area contributed by atoms with Crippen molar-refractivity contribution in [3.63, 3.8) is 0 Å². The molecule has 0 spiro atoms. The molecule has 2 heterocycles. The molecule has 0 saturated heterocycles. The standard InChI is InChI=1S/C18H17N3O2S2/c1-2-9-21-17(23)14-6-5-12(11-15(14)20-18(21)24)16(22)19-8-7-13-4-3-10-25-13/h2-6,10-11H,1,7-9H2,(H,19,22)(H,20,24). The third-order valence-electron chi connectivity index (χ3n) is 3.79. The van der Waals surface area contributed by atoms with Crippen LogP contribution in [0.1, 0.15) is 15.2 Å². The smallest absolute Gasteiger partial charge is 0.262 e. The van der Waals surface area contributed by atoms with E-state index in [1.54, 1.807) is 35.6 Å². The van der Waals surface area contributed by atoms with Gasteiger partial charge >= 0.3 is 0 Å². The number of H-pyrrole nitrogens is 1. The maximum Gasteiger partial charge on any atom is 0.262 e. The van der Waals surface area contributed by atoms with Crippen LogP contribution in [0.4, 0.5) is 0 Å². The molecule has 128 valence electrons. The molecule has 0 radical (unpaired) electrons. The fraction of sp³-hybridized carbons (Fsp3) is 0.167. The van der Waals surface area contributed by atoms with Gasteiger partial charge < -0.3 is 10.3 Å². The second-order valence-corrected chi connectivity index (χ2v) is 6.90. The van der Waals surface area contributed by atoms with E-state index in [0.717, 1.165) is 6.42 Å². The number of fused-ring (bicyclic) bond motifs is 1. The van der Waals surface area contributed by atoms with E-state index in [2.05, 4.69) is 16.9 Å². The van der Waals surface area contributed by atoms with E-state index in [1.807, 2.05) is 17.5 Å². The van der Waals surface area contributed by atoms with E-state index in [0.29, 0.717) is 34.3 Å². The maximum atomic E-state index is 12.5. The number of allylic oxidation sites excluding steroid dienone is 1. The highest BCUT2D eigenvalue weighted by Gasteiger charge is 2.10. The van der Waals surface area contributed by atoms with Crippen molar-refractivity contribution in [2.75, 3.05) is 6.54 Å². The molecule has 2 aromatic heterocycles. The second-order valence-electron chi connectivity index (χ2n) is 5.48. The Morgan fingerprint density at radius 1 is 1.40 bits per heavy atom. The van der Waals surface area contributed by atoms with Crippen LogP contribution in [0.3, 0.4) is 0 Å². The molecule has 0 bridgehead atoms. The van der Waals surface area contributed by atoms with Gasteiger partial charge in [0.05, 0.1) is 10.9 Å². The Morgan fingerprint density at radius 3 is 2.96 bits per heavy atom.